The highest BCUT2D eigenvalue weighted by atomic mass is 32.2. The minimum absolute atomic E-state index is 0.0529. The molecule has 1 fully saturated rings. The topological polar surface area (TPSA) is 84.9 Å². The molecule has 30 heavy (non-hydrogen) atoms. The van der Waals surface area contributed by atoms with Crippen molar-refractivity contribution < 1.29 is 22.7 Å². The van der Waals surface area contributed by atoms with Crippen molar-refractivity contribution in [2.45, 2.75) is 31.1 Å². The van der Waals surface area contributed by atoms with E-state index in [0.29, 0.717) is 37.7 Å². The minimum Gasteiger partial charge on any atom is -0.484 e. The number of morpholine rings is 1. The molecule has 1 saturated heterocycles. The summed E-state index contributed by atoms with van der Waals surface area (Å²) in [5, 5.41) is 2.71. The van der Waals surface area contributed by atoms with Crippen molar-refractivity contribution in [2.75, 3.05) is 38.2 Å². The number of anilines is 1. The lowest BCUT2D eigenvalue weighted by atomic mass is 9.87. The molecule has 1 N–H and O–H groups in total. The lowest BCUT2D eigenvalue weighted by Crippen LogP contribution is -2.40. The van der Waals surface area contributed by atoms with E-state index in [1.165, 1.54) is 22.0 Å². The first-order valence-corrected chi connectivity index (χ1v) is 11.3. The SMILES string of the molecule is CC(C)(C)c1ccc(OCC(=O)Nc2ccc(S(=O)(=O)N3CCOCC3)cc2)cc1. The van der Waals surface area contributed by atoms with Gasteiger partial charge in [-0.15, -0.1) is 0 Å². The molecule has 0 saturated carbocycles. The number of nitrogens with zero attached hydrogens (tertiary/aromatic N) is 1. The van der Waals surface area contributed by atoms with E-state index >= 15 is 0 Å². The fourth-order valence-corrected chi connectivity index (χ4v) is 4.45. The smallest absolute Gasteiger partial charge is 0.262 e. The summed E-state index contributed by atoms with van der Waals surface area (Å²) in [6, 6.07) is 13.8. The highest BCUT2D eigenvalue weighted by Crippen LogP contribution is 2.24. The van der Waals surface area contributed by atoms with Crippen molar-refractivity contribution in [2.24, 2.45) is 0 Å². The van der Waals surface area contributed by atoms with E-state index < -0.39 is 10.0 Å². The van der Waals surface area contributed by atoms with E-state index in [0.717, 1.165) is 0 Å². The number of benzene rings is 2. The van der Waals surface area contributed by atoms with Crippen LogP contribution in [0.5, 0.6) is 5.75 Å². The van der Waals surface area contributed by atoms with E-state index in [1.54, 1.807) is 12.1 Å². The molecule has 0 radical (unpaired) electrons. The monoisotopic (exact) mass is 432 g/mol. The molecular weight excluding hydrogens is 404 g/mol. The molecule has 2 aromatic rings. The fourth-order valence-electron chi connectivity index (χ4n) is 3.04. The second kappa shape index (κ2) is 9.16. The second-order valence-corrected chi connectivity index (χ2v) is 10.1. The number of hydrogen-bond donors (Lipinski definition) is 1. The van der Waals surface area contributed by atoms with Gasteiger partial charge in [0.25, 0.3) is 5.91 Å². The molecule has 0 spiro atoms. The number of sulfonamides is 1. The number of carbonyl (C=O) groups is 1. The third-order valence-electron chi connectivity index (χ3n) is 4.84. The summed E-state index contributed by atoms with van der Waals surface area (Å²) in [6.07, 6.45) is 0. The first-order chi connectivity index (χ1) is 14.2. The van der Waals surface area contributed by atoms with Gasteiger partial charge in [0.2, 0.25) is 10.0 Å². The molecule has 8 heteroatoms. The number of rotatable bonds is 6. The molecule has 2 aromatic carbocycles. The van der Waals surface area contributed by atoms with Crippen LogP contribution in [-0.2, 0) is 25.0 Å². The third-order valence-corrected chi connectivity index (χ3v) is 6.75. The first-order valence-electron chi connectivity index (χ1n) is 9.87. The third kappa shape index (κ3) is 5.59. The maximum Gasteiger partial charge on any atom is 0.262 e. The predicted molar refractivity (Wildman–Crippen MR) is 115 cm³/mol. The largest absolute Gasteiger partial charge is 0.484 e. The van der Waals surface area contributed by atoms with Crippen LogP contribution in [0.4, 0.5) is 5.69 Å². The predicted octanol–water partition coefficient (Wildman–Crippen LogP) is 3.02. The first kappa shape index (κ1) is 22.3. The average molecular weight is 433 g/mol. The van der Waals surface area contributed by atoms with Crippen LogP contribution in [0.2, 0.25) is 0 Å². The van der Waals surface area contributed by atoms with Crippen molar-refractivity contribution in [3.63, 3.8) is 0 Å². The van der Waals surface area contributed by atoms with Gasteiger partial charge >= 0.3 is 0 Å². The Morgan fingerprint density at radius 3 is 2.20 bits per heavy atom. The lowest BCUT2D eigenvalue weighted by molar-refractivity contribution is -0.118. The van der Waals surface area contributed by atoms with Gasteiger partial charge in [0.1, 0.15) is 5.75 Å². The highest BCUT2D eigenvalue weighted by molar-refractivity contribution is 7.89. The Labute approximate surface area is 178 Å². The van der Waals surface area contributed by atoms with E-state index in [2.05, 4.69) is 26.1 Å². The molecule has 0 aliphatic carbocycles. The maximum absolute atomic E-state index is 12.6. The molecule has 0 atom stereocenters. The van der Waals surface area contributed by atoms with Crippen LogP contribution in [0, 0.1) is 0 Å². The molecule has 162 valence electrons. The molecule has 1 aliphatic rings. The molecule has 0 unspecified atom stereocenters. The van der Waals surface area contributed by atoms with Crippen molar-refractivity contribution in [1.29, 1.82) is 0 Å². The summed E-state index contributed by atoms with van der Waals surface area (Å²) in [5.41, 5.74) is 1.75. The zero-order chi connectivity index (χ0) is 21.8. The molecule has 1 heterocycles. The number of amides is 1. The van der Waals surface area contributed by atoms with Crippen molar-refractivity contribution in [3.8, 4) is 5.75 Å². The molecule has 1 amide bonds. The molecule has 7 nitrogen and oxygen atoms in total. The summed E-state index contributed by atoms with van der Waals surface area (Å²) < 4.78 is 37.4. The summed E-state index contributed by atoms with van der Waals surface area (Å²) in [7, 11) is -3.55. The van der Waals surface area contributed by atoms with E-state index in [4.69, 9.17) is 9.47 Å². The van der Waals surface area contributed by atoms with Crippen LogP contribution < -0.4 is 10.1 Å². The lowest BCUT2D eigenvalue weighted by Gasteiger charge is -2.26. The van der Waals surface area contributed by atoms with Crippen LogP contribution in [0.15, 0.2) is 53.4 Å². The van der Waals surface area contributed by atoms with Crippen LogP contribution in [0.1, 0.15) is 26.3 Å². The molecule has 0 bridgehead atoms. The molecule has 3 rings (SSSR count). The second-order valence-electron chi connectivity index (χ2n) is 8.15. The van der Waals surface area contributed by atoms with Crippen molar-refractivity contribution in [1.82, 2.24) is 4.31 Å². The number of hydrogen-bond acceptors (Lipinski definition) is 5. The van der Waals surface area contributed by atoms with E-state index in [-0.39, 0.29) is 22.8 Å². The zero-order valence-electron chi connectivity index (χ0n) is 17.6. The maximum atomic E-state index is 12.6. The van der Waals surface area contributed by atoms with Crippen LogP contribution >= 0.6 is 0 Å². The number of nitrogens with one attached hydrogen (secondary N) is 1. The van der Waals surface area contributed by atoms with Gasteiger partial charge in [0.05, 0.1) is 18.1 Å². The van der Waals surface area contributed by atoms with E-state index in [1.807, 2.05) is 24.3 Å². The van der Waals surface area contributed by atoms with Crippen molar-refractivity contribution in [3.05, 3.63) is 54.1 Å². The van der Waals surface area contributed by atoms with Gasteiger partial charge in [-0.2, -0.15) is 4.31 Å². The molecule has 0 aromatic heterocycles. The van der Waals surface area contributed by atoms with Gasteiger partial charge in [-0.05, 0) is 47.4 Å². The molecule has 1 aliphatic heterocycles. The van der Waals surface area contributed by atoms with Crippen LogP contribution in [0.25, 0.3) is 0 Å². The normalized spacial score (nSPS) is 15.6. The summed E-state index contributed by atoms with van der Waals surface area (Å²) in [6.45, 7) is 7.74. The van der Waals surface area contributed by atoms with Gasteiger partial charge in [0, 0.05) is 18.8 Å². The Morgan fingerprint density at radius 1 is 1.03 bits per heavy atom. The number of carbonyl (C=O) groups excluding carboxylic acids is 1. The van der Waals surface area contributed by atoms with Gasteiger partial charge in [-0.25, -0.2) is 8.42 Å². The zero-order valence-corrected chi connectivity index (χ0v) is 18.4. The Bertz CT molecular complexity index is 958. The Kier molecular flexibility index (Phi) is 6.80. The Hall–Kier alpha value is -2.42. The quantitative estimate of drug-likeness (QED) is 0.759. The Balaban J connectivity index is 1.54. The summed E-state index contributed by atoms with van der Waals surface area (Å²) in [4.78, 5) is 12.4. The van der Waals surface area contributed by atoms with Crippen LogP contribution in [0.3, 0.4) is 0 Å². The van der Waals surface area contributed by atoms with Crippen LogP contribution in [-0.4, -0.2) is 51.5 Å². The fraction of sp³-hybridized carbons (Fsp3) is 0.409. The number of ether oxygens (including phenoxy) is 2. The van der Waals surface area contributed by atoms with Gasteiger partial charge < -0.3 is 14.8 Å². The van der Waals surface area contributed by atoms with Gasteiger partial charge in [0.15, 0.2) is 6.61 Å². The molecular formula is C22H28N2O5S. The summed E-state index contributed by atoms with van der Waals surface area (Å²) in [5.74, 6) is 0.295. The van der Waals surface area contributed by atoms with Crippen molar-refractivity contribution >= 4 is 21.6 Å². The van der Waals surface area contributed by atoms with Gasteiger partial charge in [-0.1, -0.05) is 32.9 Å². The van der Waals surface area contributed by atoms with E-state index in [9.17, 15) is 13.2 Å². The highest BCUT2D eigenvalue weighted by Gasteiger charge is 2.26. The standard InChI is InChI=1S/C22H28N2O5S/c1-22(2,3)17-4-8-19(9-5-17)29-16-21(25)23-18-6-10-20(11-7-18)30(26,27)24-12-14-28-15-13-24/h4-11H,12-16H2,1-3H3,(H,23,25). The summed E-state index contributed by atoms with van der Waals surface area (Å²) >= 11 is 0. The Morgan fingerprint density at radius 2 is 1.63 bits per heavy atom. The average Bonchev–Trinajstić information content (AvgIpc) is 2.73. The van der Waals surface area contributed by atoms with Gasteiger partial charge in [-0.3, -0.25) is 4.79 Å². The minimum atomic E-state index is -3.55.